The molecule has 2 aliphatic rings. The van der Waals surface area contributed by atoms with Crippen LogP contribution in [0.15, 0.2) is 22.6 Å². The van der Waals surface area contributed by atoms with Crippen LogP contribution in [-0.4, -0.2) is 72.9 Å². The van der Waals surface area contributed by atoms with E-state index in [1.807, 2.05) is 12.3 Å². The van der Waals surface area contributed by atoms with E-state index in [9.17, 15) is 20.4 Å². The smallest absolute Gasteiger partial charge is 0.109 e. The lowest BCUT2D eigenvalue weighted by molar-refractivity contribution is -0.0624. The third-order valence-electron chi connectivity index (χ3n) is 3.60. The molecular weight excluding hydrogens is 342 g/mol. The Morgan fingerprint density at radius 2 is 1.95 bits per heavy atom. The fraction of sp³-hybridized carbons (Fsp3) is 0.643. The molecule has 1 fully saturated rings. The Balaban J connectivity index is 2.15. The number of aliphatic hydroxyl groups is 4. The molecule has 5 N–H and O–H groups in total. The topological polar surface area (TPSA) is 105 Å². The number of hydrogen-bond donors (Lipinski definition) is 5. The molecule has 124 valence electrons. The Kier molecular flexibility index (Phi) is 6.88. The van der Waals surface area contributed by atoms with Crippen molar-refractivity contribution in [3.8, 4) is 0 Å². The van der Waals surface area contributed by atoms with Gasteiger partial charge in [-0.2, -0.15) is 11.8 Å². The van der Waals surface area contributed by atoms with Crippen molar-refractivity contribution in [1.29, 1.82) is 5.41 Å². The van der Waals surface area contributed by atoms with Gasteiger partial charge in [0.15, 0.2) is 0 Å². The summed E-state index contributed by atoms with van der Waals surface area (Å²) in [6, 6.07) is 0. The van der Waals surface area contributed by atoms with Gasteiger partial charge in [0.2, 0.25) is 0 Å². The monoisotopic (exact) mass is 363 g/mol. The average molecular weight is 364 g/mol. The zero-order valence-electron chi connectivity index (χ0n) is 12.2. The van der Waals surface area contributed by atoms with Gasteiger partial charge in [-0.25, -0.2) is 0 Å². The minimum Gasteiger partial charge on any atom is -0.395 e. The van der Waals surface area contributed by atoms with Gasteiger partial charge in [0.05, 0.1) is 22.5 Å². The van der Waals surface area contributed by atoms with Gasteiger partial charge < -0.3 is 25.8 Å². The maximum Gasteiger partial charge on any atom is 0.109 e. The molecule has 1 heterocycles. The molecule has 0 unspecified atom stereocenters. The van der Waals surface area contributed by atoms with Crippen LogP contribution in [0.2, 0.25) is 0 Å². The molecule has 5 nitrogen and oxygen atoms in total. The van der Waals surface area contributed by atoms with E-state index >= 15 is 0 Å². The highest BCUT2D eigenvalue weighted by Crippen LogP contribution is 2.44. The Hall–Kier alpha value is 0.0400. The van der Waals surface area contributed by atoms with E-state index in [0.29, 0.717) is 12.1 Å². The van der Waals surface area contributed by atoms with Crippen LogP contribution in [0.25, 0.3) is 0 Å². The van der Waals surface area contributed by atoms with E-state index in [1.165, 1.54) is 23.5 Å². The van der Waals surface area contributed by atoms with E-state index in [-0.39, 0.29) is 11.2 Å². The van der Waals surface area contributed by atoms with Gasteiger partial charge in [0.1, 0.15) is 12.2 Å². The van der Waals surface area contributed by atoms with Crippen molar-refractivity contribution in [3.63, 3.8) is 0 Å². The van der Waals surface area contributed by atoms with Crippen LogP contribution in [-0.2, 0) is 0 Å². The Bertz CT molecular complexity index is 481. The minimum absolute atomic E-state index is 0.246. The summed E-state index contributed by atoms with van der Waals surface area (Å²) in [6.07, 6.45) is 2.78. The molecule has 2 rings (SSSR count). The second kappa shape index (κ2) is 8.23. The zero-order chi connectivity index (χ0) is 16.3. The van der Waals surface area contributed by atoms with Gasteiger partial charge in [0, 0.05) is 22.8 Å². The first-order chi connectivity index (χ1) is 10.5. The first kappa shape index (κ1) is 18.4. The van der Waals surface area contributed by atoms with E-state index in [2.05, 4.69) is 0 Å². The summed E-state index contributed by atoms with van der Waals surface area (Å²) in [5.74, 6) is 0.817. The van der Waals surface area contributed by atoms with Gasteiger partial charge in [-0.05, 0) is 24.0 Å². The third-order valence-corrected chi connectivity index (χ3v) is 7.37. The van der Waals surface area contributed by atoms with Crippen LogP contribution in [0.4, 0.5) is 0 Å². The van der Waals surface area contributed by atoms with Crippen molar-refractivity contribution >= 4 is 41.0 Å². The van der Waals surface area contributed by atoms with Gasteiger partial charge in [-0.3, -0.25) is 0 Å². The molecule has 0 aromatic heterocycles. The predicted molar refractivity (Wildman–Crippen MR) is 94.8 cm³/mol. The first-order valence-corrected chi connectivity index (χ1v) is 10.1. The number of rotatable bonds is 5. The standard InChI is InChI=1S/C14H21NO4S3/c1-20-6-7-4-8(15)2-3-9(7)21-14-13(19)12(18)11(17)10(5-16)22-14/h2-3,10-19H,4-6H2,1H3/t10-,11-,12+,13-,14-/m1/s1. The Morgan fingerprint density at radius 1 is 1.23 bits per heavy atom. The van der Waals surface area contributed by atoms with Crippen molar-refractivity contribution in [2.24, 2.45) is 0 Å². The maximum absolute atomic E-state index is 10.2. The summed E-state index contributed by atoms with van der Waals surface area (Å²) in [7, 11) is 0. The average Bonchev–Trinajstić information content (AvgIpc) is 2.50. The quantitative estimate of drug-likeness (QED) is 0.493. The normalized spacial score (nSPS) is 36.0. The summed E-state index contributed by atoms with van der Waals surface area (Å²) in [5, 5.41) is 46.6. The summed E-state index contributed by atoms with van der Waals surface area (Å²) >= 11 is 4.41. The number of thioether (sulfide) groups is 3. The highest BCUT2D eigenvalue weighted by molar-refractivity contribution is 8.19. The largest absolute Gasteiger partial charge is 0.395 e. The van der Waals surface area contributed by atoms with Crippen molar-refractivity contribution in [1.82, 2.24) is 0 Å². The minimum atomic E-state index is -1.26. The highest BCUT2D eigenvalue weighted by Gasteiger charge is 2.43. The summed E-state index contributed by atoms with van der Waals surface area (Å²) in [6.45, 7) is -0.246. The van der Waals surface area contributed by atoms with Crippen LogP contribution in [0.3, 0.4) is 0 Å². The molecule has 0 aromatic rings. The van der Waals surface area contributed by atoms with Crippen LogP contribution in [0, 0.1) is 5.41 Å². The molecule has 22 heavy (non-hydrogen) atoms. The lowest BCUT2D eigenvalue weighted by Crippen LogP contribution is -2.53. The second-order valence-electron chi connectivity index (χ2n) is 5.25. The van der Waals surface area contributed by atoms with Crippen LogP contribution >= 0.6 is 35.3 Å². The molecule has 5 atom stereocenters. The lowest BCUT2D eigenvalue weighted by atomic mass is 10.1. The zero-order valence-corrected chi connectivity index (χ0v) is 14.6. The summed E-state index contributed by atoms with van der Waals surface area (Å²) in [5.41, 5.74) is 1.70. The Labute approximate surface area is 142 Å². The van der Waals surface area contributed by atoms with Crippen molar-refractivity contribution in [2.75, 3.05) is 18.6 Å². The number of aliphatic hydroxyl groups excluding tert-OH is 4. The molecule has 0 aromatic carbocycles. The summed E-state index contributed by atoms with van der Waals surface area (Å²) in [4.78, 5) is 1.00. The fourth-order valence-electron chi connectivity index (χ4n) is 2.38. The van der Waals surface area contributed by atoms with Gasteiger partial charge in [-0.15, -0.1) is 23.5 Å². The molecule has 8 heteroatoms. The van der Waals surface area contributed by atoms with Gasteiger partial charge in [-0.1, -0.05) is 0 Å². The molecule has 0 bridgehead atoms. The van der Waals surface area contributed by atoms with Crippen molar-refractivity contribution < 1.29 is 20.4 Å². The first-order valence-electron chi connectivity index (χ1n) is 6.91. The highest BCUT2D eigenvalue weighted by atomic mass is 32.2. The number of hydrogen-bond acceptors (Lipinski definition) is 8. The lowest BCUT2D eigenvalue weighted by Gasteiger charge is -2.39. The Morgan fingerprint density at radius 3 is 2.59 bits per heavy atom. The van der Waals surface area contributed by atoms with Crippen LogP contribution in [0.5, 0.6) is 0 Å². The molecular formula is C14H21NO4S3. The van der Waals surface area contributed by atoms with E-state index in [0.717, 1.165) is 16.2 Å². The van der Waals surface area contributed by atoms with E-state index in [1.54, 1.807) is 17.8 Å². The molecule has 0 spiro atoms. The predicted octanol–water partition coefficient (Wildman–Crippen LogP) is 0.833. The molecule has 0 amide bonds. The fourth-order valence-corrected chi connectivity index (χ4v) is 6.12. The number of nitrogens with one attached hydrogen (secondary N) is 1. The third kappa shape index (κ3) is 4.11. The molecule has 1 aliphatic heterocycles. The van der Waals surface area contributed by atoms with Crippen LogP contribution in [0.1, 0.15) is 6.42 Å². The van der Waals surface area contributed by atoms with Crippen molar-refractivity contribution in [2.45, 2.75) is 34.6 Å². The SMILES string of the molecule is CSCC1=C(S[C@@H]2S[C@H](CO)[C@@H](O)[C@H](O)[C@H]2O)C=CC(=N)C1. The molecule has 1 aliphatic carbocycles. The molecule has 0 saturated carbocycles. The molecule has 1 saturated heterocycles. The molecule has 0 radical (unpaired) electrons. The summed E-state index contributed by atoms with van der Waals surface area (Å²) < 4.78 is -0.362. The van der Waals surface area contributed by atoms with E-state index < -0.39 is 23.6 Å². The second-order valence-corrected chi connectivity index (χ2v) is 8.98. The van der Waals surface area contributed by atoms with Gasteiger partial charge in [0.25, 0.3) is 0 Å². The van der Waals surface area contributed by atoms with Crippen molar-refractivity contribution in [3.05, 3.63) is 22.6 Å². The number of allylic oxidation sites excluding steroid dienone is 2. The van der Waals surface area contributed by atoms with E-state index in [4.69, 9.17) is 5.41 Å². The van der Waals surface area contributed by atoms with Gasteiger partial charge >= 0.3 is 0 Å². The maximum atomic E-state index is 10.2. The van der Waals surface area contributed by atoms with Crippen LogP contribution < -0.4 is 0 Å².